The van der Waals surface area contributed by atoms with Gasteiger partial charge < -0.3 is 19.7 Å². The van der Waals surface area contributed by atoms with Crippen molar-refractivity contribution in [3.8, 4) is 0 Å². The van der Waals surface area contributed by atoms with Gasteiger partial charge in [0.25, 0.3) is 0 Å². The average Bonchev–Trinajstić information content (AvgIpc) is 2.14. The van der Waals surface area contributed by atoms with Gasteiger partial charge in [0.2, 0.25) is 0 Å². The monoisotopic (exact) mass is 218 g/mol. The van der Waals surface area contributed by atoms with Crippen LogP contribution >= 0.6 is 0 Å². The van der Waals surface area contributed by atoms with Crippen molar-refractivity contribution >= 4 is 11.9 Å². The highest BCUT2D eigenvalue weighted by Gasteiger charge is 2.10. The van der Waals surface area contributed by atoms with Crippen molar-refractivity contribution in [1.29, 1.82) is 0 Å². The summed E-state index contributed by atoms with van der Waals surface area (Å²) in [7, 11) is 0. The molecule has 0 aromatic heterocycles. The summed E-state index contributed by atoms with van der Waals surface area (Å²) in [5.74, 6) is -1.33. The molecule has 0 aliphatic heterocycles. The Labute approximate surface area is 87.1 Å². The zero-order valence-electron chi connectivity index (χ0n) is 8.27. The van der Waals surface area contributed by atoms with Gasteiger partial charge in [0.1, 0.15) is 18.8 Å². The normalized spacial score (nSPS) is 9.47. The zero-order chi connectivity index (χ0) is 11.7. The summed E-state index contributed by atoms with van der Waals surface area (Å²) in [6, 6.07) is 0. The van der Waals surface area contributed by atoms with E-state index in [9.17, 15) is 9.59 Å². The Balaban J connectivity index is 3.73. The fraction of sp³-hybridized carbons (Fsp3) is 0.556. The van der Waals surface area contributed by atoms with Gasteiger partial charge in [-0.3, -0.25) is 9.59 Å². The highest BCUT2D eigenvalue weighted by Crippen LogP contribution is 2.03. The first-order valence-electron chi connectivity index (χ1n) is 4.36. The second-order valence-electron chi connectivity index (χ2n) is 2.61. The Kier molecular flexibility index (Phi) is 7.21. The Morgan fingerprint density at radius 2 is 1.80 bits per heavy atom. The van der Waals surface area contributed by atoms with E-state index >= 15 is 0 Å². The lowest BCUT2D eigenvalue weighted by Gasteiger charge is -2.06. The van der Waals surface area contributed by atoms with Crippen molar-refractivity contribution in [3.63, 3.8) is 0 Å². The summed E-state index contributed by atoms with van der Waals surface area (Å²) in [5, 5.41) is 16.7. The van der Waals surface area contributed by atoms with Crippen LogP contribution in [0.4, 0.5) is 0 Å². The molecule has 0 rings (SSSR count). The molecule has 0 spiro atoms. The van der Waals surface area contributed by atoms with E-state index in [0.717, 1.165) is 0 Å². The largest absolute Gasteiger partial charge is 0.463 e. The van der Waals surface area contributed by atoms with Crippen LogP contribution in [-0.4, -0.2) is 42.0 Å². The summed E-state index contributed by atoms with van der Waals surface area (Å²) in [6.45, 7) is 2.66. The van der Waals surface area contributed by atoms with Gasteiger partial charge in [-0.25, -0.2) is 0 Å². The molecule has 6 heteroatoms. The molecule has 0 fully saturated rings. The van der Waals surface area contributed by atoms with Gasteiger partial charge in [-0.05, 0) is 0 Å². The first kappa shape index (κ1) is 13.6. The summed E-state index contributed by atoms with van der Waals surface area (Å²) >= 11 is 0. The number of carbonyl (C=O) groups is 2. The minimum absolute atomic E-state index is 0.0450. The molecule has 0 amide bonds. The summed E-state index contributed by atoms with van der Waals surface area (Å²) in [6.07, 6.45) is -0.401. The summed E-state index contributed by atoms with van der Waals surface area (Å²) in [4.78, 5) is 21.7. The van der Waals surface area contributed by atoms with Gasteiger partial charge in [-0.1, -0.05) is 6.58 Å². The molecular formula is C9H14O6. The fourth-order valence-corrected chi connectivity index (χ4v) is 0.711. The van der Waals surface area contributed by atoms with E-state index in [2.05, 4.69) is 16.1 Å². The lowest BCUT2D eigenvalue weighted by Crippen LogP contribution is -2.12. The molecule has 0 saturated heterocycles. The second-order valence-corrected chi connectivity index (χ2v) is 2.61. The van der Waals surface area contributed by atoms with Gasteiger partial charge in [0, 0.05) is 0 Å². The van der Waals surface area contributed by atoms with Crippen molar-refractivity contribution in [3.05, 3.63) is 12.3 Å². The van der Waals surface area contributed by atoms with Crippen molar-refractivity contribution in [2.45, 2.75) is 12.8 Å². The lowest BCUT2D eigenvalue weighted by atomic mass is 10.4. The number of hydrogen-bond donors (Lipinski definition) is 2. The van der Waals surface area contributed by atoms with E-state index < -0.39 is 11.9 Å². The highest BCUT2D eigenvalue weighted by atomic mass is 16.6. The van der Waals surface area contributed by atoms with Crippen LogP contribution in [0.5, 0.6) is 0 Å². The smallest absolute Gasteiger partial charge is 0.313 e. The van der Waals surface area contributed by atoms with Crippen LogP contribution < -0.4 is 0 Å². The highest BCUT2D eigenvalue weighted by molar-refractivity contribution is 5.74. The first-order chi connectivity index (χ1) is 7.10. The average molecular weight is 218 g/mol. The molecule has 0 aliphatic carbocycles. The topological polar surface area (TPSA) is 93.1 Å². The Hall–Kier alpha value is -1.40. The Morgan fingerprint density at radius 1 is 1.13 bits per heavy atom. The number of aliphatic hydroxyl groups is 2. The molecule has 6 nitrogen and oxygen atoms in total. The first-order valence-corrected chi connectivity index (χ1v) is 4.36. The van der Waals surface area contributed by atoms with E-state index in [4.69, 9.17) is 10.2 Å². The fourth-order valence-electron chi connectivity index (χ4n) is 0.711. The van der Waals surface area contributed by atoms with Crippen LogP contribution in [0, 0.1) is 0 Å². The molecule has 0 radical (unpaired) electrons. The molecule has 0 aliphatic rings. The van der Waals surface area contributed by atoms with E-state index in [0.29, 0.717) is 0 Å². The number of aliphatic hydroxyl groups excluding tert-OH is 2. The maximum atomic E-state index is 10.9. The minimum atomic E-state index is -0.655. The van der Waals surface area contributed by atoms with Crippen LogP contribution in [0.3, 0.4) is 0 Å². The number of esters is 2. The number of hydrogen-bond acceptors (Lipinski definition) is 6. The molecule has 0 unspecified atom stereocenters. The maximum absolute atomic E-state index is 10.9. The molecule has 86 valence electrons. The van der Waals surface area contributed by atoms with E-state index in [1.807, 2.05) is 0 Å². The predicted molar refractivity (Wildman–Crippen MR) is 49.6 cm³/mol. The molecule has 0 bridgehead atoms. The van der Waals surface area contributed by atoms with Gasteiger partial charge in [-0.15, -0.1) is 0 Å². The molecule has 0 atom stereocenters. The van der Waals surface area contributed by atoms with Crippen LogP contribution in [0.25, 0.3) is 0 Å². The molecule has 0 heterocycles. The third kappa shape index (κ3) is 7.65. The van der Waals surface area contributed by atoms with Gasteiger partial charge >= 0.3 is 11.9 Å². The number of rotatable bonds is 7. The predicted octanol–water partition coefficient (Wildman–Crippen LogP) is -0.649. The zero-order valence-corrected chi connectivity index (χ0v) is 8.27. The van der Waals surface area contributed by atoms with E-state index in [1.54, 1.807) is 0 Å². The molecular weight excluding hydrogens is 204 g/mol. The molecule has 0 aromatic rings. The summed E-state index contributed by atoms with van der Waals surface area (Å²) < 4.78 is 9.10. The number of carbonyl (C=O) groups excluding carboxylic acids is 2. The van der Waals surface area contributed by atoms with Crippen molar-refractivity contribution in [1.82, 2.24) is 0 Å². The van der Waals surface area contributed by atoms with E-state index in [-0.39, 0.29) is 38.4 Å². The SMILES string of the molecule is C=C(CC(=O)OCCO)OC(=O)CCO. The van der Waals surface area contributed by atoms with Crippen LogP contribution in [-0.2, 0) is 19.1 Å². The van der Waals surface area contributed by atoms with Crippen LogP contribution in [0.2, 0.25) is 0 Å². The minimum Gasteiger partial charge on any atom is -0.463 e. The lowest BCUT2D eigenvalue weighted by molar-refractivity contribution is -0.146. The van der Waals surface area contributed by atoms with Crippen LogP contribution in [0.15, 0.2) is 12.3 Å². The molecule has 2 N–H and O–H groups in total. The third-order valence-corrected chi connectivity index (χ3v) is 1.27. The van der Waals surface area contributed by atoms with Crippen molar-refractivity contribution in [2.24, 2.45) is 0 Å². The standard InChI is InChI=1S/C9H14O6/c1-7(15-8(12)2-3-10)6-9(13)14-5-4-11/h10-11H,1-6H2. The van der Waals surface area contributed by atoms with Crippen molar-refractivity contribution < 1.29 is 29.3 Å². The van der Waals surface area contributed by atoms with Gasteiger partial charge in [0.15, 0.2) is 0 Å². The third-order valence-electron chi connectivity index (χ3n) is 1.27. The van der Waals surface area contributed by atoms with E-state index in [1.165, 1.54) is 0 Å². The molecule has 0 aromatic carbocycles. The van der Waals surface area contributed by atoms with Gasteiger partial charge in [-0.2, -0.15) is 0 Å². The Bertz CT molecular complexity index is 235. The second kappa shape index (κ2) is 7.95. The quantitative estimate of drug-likeness (QED) is 0.435. The summed E-state index contributed by atoms with van der Waals surface area (Å²) in [5.41, 5.74) is 0. The maximum Gasteiger partial charge on any atom is 0.313 e. The van der Waals surface area contributed by atoms with Crippen LogP contribution in [0.1, 0.15) is 12.8 Å². The Morgan fingerprint density at radius 3 is 2.33 bits per heavy atom. The van der Waals surface area contributed by atoms with Crippen molar-refractivity contribution in [2.75, 3.05) is 19.8 Å². The number of ether oxygens (including phenoxy) is 2. The molecule has 15 heavy (non-hydrogen) atoms. The van der Waals surface area contributed by atoms with Gasteiger partial charge in [0.05, 0.1) is 19.6 Å². The molecule has 0 saturated carbocycles.